The predicted molar refractivity (Wildman–Crippen MR) is 98.2 cm³/mol. The van der Waals surface area contributed by atoms with E-state index in [1.54, 1.807) is 43.3 Å². The number of ether oxygens (including phenoxy) is 2. The van der Waals surface area contributed by atoms with E-state index in [4.69, 9.17) is 9.47 Å². The first-order chi connectivity index (χ1) is 13.1. The monoisotopic (exact) mass is 367 g/mol. The molecule has 1 aromatic heterocycles. The van der Waals surface area contributed by atoms with Crippen LogP contribution in [0.5, 0.6) is 11.5 Å². The number of halogens is 1. The van der Waals surface area contributed by atoms with E-state index >= 15 is 0 Å². The maximum atomic E-state index is 13.2. The summed E-state index contributed by atoms with van der Waals surface area (Å²) in [5, 5.41) is 7.29. The molecule has 6 nitrogen and oxygen atoms in total. The molecule has 0 aliphatic carbocycles. The first-order valence-corrected chi connectivity index (χ1v) is 8.46. The third kappa shape index (κ3) is 3.01. The van der Waals surface area contributed by atoms with Crippen molar-refractivity contribution in [2.75, 3.05) is 19.5 Å². The third-order valence-electron chi connectivity index (χ3n) is 4.71. The highest BCUT2D eigenvalue weighted by Gasteiger charge is 2.32. The molecule has 0 spiro atoms. The van der Waals surface area contributed by atoms with Crippen LogP contribution in [0.1, 0.15) is 23.5 Å². The Bertz CT molecular complexity index is 998. The van der Waals surface area contributed by atoms with Crippen LogP contribution >= 0.6 is 0 Å². The molecule has 0 bridgehead atoms. The number of benzene rings is 2. The van der Waals surface area contributed by atoms with Gasteiger partial charge in [0.05, 0.1) is 26.1 Å². The van der Waals surface area contributed by atoms with E-state index in [0.29, 0.717) is 23.0 Å². The number of anilines is 1. The number of nitrogens with zero attached hydrogens (tertiary/aromatic N) is 2. The number of nitrogens with one attached hydrogen (secondary N) is 1. The summed E-state index contributed by atoms with van der Waals surface area (Å²) in [5.74, 6) is 1.26. The minimum Gasteiger partial charge on any atom is -0.497 e. The maximum absolute atomic E-state index is 13.2. The average Bonchev–Trinajstić information content (AvgIpc) is 3.11. The van der Waals surface area contributed by atoms with Crippen molar-refractivity contribution >= 4 is 11.7 Å². The molecule has 1 aliphatic heterocycles. The molecule has 0 fully saturated rings. The summed E-state index contributed by atoms with van der Waals surface area (Å²) in [6, 6.07) is 11.5. The second-order valence-electron chi connectivity index (χ2n) is 6.25. The van der Waals surface area contributed by atoms with Crippen LogP contribution in [0.2, 0.25) is 0 Å². The maximum Gasteiger partial charge on any atom is 0.226 e. The highest BCUT2D eigenvalue weighted by molar-refractivity contribution is 5.94. The number of carbonyl (C=O) groups excluding carboxylic acids is 1. The second-order valence-corrected chi connectivity index (χ2v) is 6.25. The number of hydrogen-bond donors (Lipinski definition) is 1. The van der Waals surface area contributed by atoms with E-state index in [-0.39, 0.29) is 24.1 Å². The van der Waals surface area contributed by atoms with E-state index in [1.165, 1.54) is 12.1 Å². The van der Waals surface area contributed by atoms with Crippen LogP contribution < -0.4 is 14.8 Å². The van der Waals surface area contributed by atoms with Crippen LogP contribution in [0.15, 0.2) is 48.7 Å². The van der Waals surface area contributed by atoms with E-state index in [9.17, 15) is 9.18 Å². The molecule has 1 aliphatic rings. The quantitative estimate of drug-likeness (QED) is 0.766. The molecule has 2 heterocycles. The minimum absolute atomic E-state index is 0.116. The van der Waals surface area contributed by atoms with Crippen molar-refractivity contribution in [2.24, 2.45) is 0 Å². The molecular formula is C20H18FN3O3. The third-order valence-corrected chi connectivity index (χ3v) is 4.71. The van der Waals surface area contributed by atoms with Gasteiger partial charge in [-0.15, -0.1) is 0 Å². The van der Waals surface area contributed by atoms with Crippen LogP contribution in [-0.4, -0.2) is 29.9 Å². The van der Waals surface area contributed by atoms with Gasteiger partial charge in [-0.05, 0) is 30.3 Å². The van der Waals surface area contributed by atoms with Crippen molar-refractivity contribution < 1.29 is 18.7 Å². The first kappa shape index (κ1) is 17.1. The smallest absolute Gasteiger partial charge is 0.226 e. The summed E-state index contributed by atoms with van der Waals surface area (Å²) in [7, 11) is 3.18. The number of carbonyl (C=O) groups is 1. The van der Waals surface area contributed by atoms with Crippen LogP contribution in [-0.2, 0) is 4.79 Å². The van der Waals surface area contributed by atoms with Gasteiger partial charge < -0.3 is 14.8 Å². The number of methoxy groups -OCH3 is 2. The van der Waals surface area contributed by atoms with Gasteiger partial charge in [-0.25, -0.2) is 9.07 Å². The molecule has 1 atom stereocenters. The fourth-order valence-corrected chi connectivity index (χ4v) is 3.38. The van der Waals surface area contributed by atoms with Gasteiger partial charge in [0, 0.05) is 29.5 Å². The van der Waals surface area contributed by atoms with Crippen molar-refractivity contribution in [1.82, 2.24) is 9.78 Å². The Balaban J connectivity index is 1.81. The number of aromatic nitrogens is 2. The molecule has 0 saturated carbocycles. The molecule has 4 rings (SSSR count). The predicted octanol–water partition coefficient (Wildman–Crippen LogP) is 3.50. The molecule has 0 radical (unpaired) electrons. The van der Waals surface area contributed by atoms with E-state index < -0.39 is 0 Å². The summed E-state index contributed by atoms with van der Waals surface area (Å²) in [5.41, 5.74) is 2.43. The summed E-state index contributed by atoms with van der Waals surface area (Å²) >= 11 is 0. The molecule has 27 heavy (non-hydrogen) atoms. The van der Waals surface area contributed by atoms with Crippen LogP contribution in [0.3, 0.4) is 0 Å². The first-order valence-electron chi connectivity index (χ1n) is 8.46. The van der Waals surface area contributed by atoms with Gasteiger partial charge in [0.25, 0.3) is 0 Å². The lowest BCUT2D eigenvalue weighted by molar-refractivity contribution is -0.116. The second kappa shape index (κ2) is 6.75. The Morgan fingerprint density at radius 2 is 1.89 bits per heavy atom. The van der Waals surface area contributed by atoms with E-state index in [1.807, 2.05) is 12.1 Å². The molecule has 0 saturated heterocycles. The lowest BCUT2D eigenvalue weighted by atomic mass is 9.86. The normalized spacial score (nSPS) is 15.8. The zero-order valence-corrected chi connectivity index (χ0v) is 14.9. The van der Waals surface area contributed by atoms with Gasteiger partial charge in [0.15, 0.2) is 0 Å². The minimum atomic E-state index is -0.329. The summed E-state index contributed by atoms with van der Waals surface area (Å²) in [6.07, 6.45) is 2.01. The lowest BCUT2D eigenvalue weighted by Gasteiger charge is -2.25. The molecular weight excluding hydrogens is 349 g/mol. The zero-order valence-electron chi connectivity index (χ0n) is 14.9. The van der Waals surface area contributed by atoms with Crippen molar-refractivity contribution in [1.29, 1.82) is 0 Å². The molecule has 7 heteroatoms. The lowest BCUT2D eigenvalue weighted by Crippen LogP contribution is -2.24. The van der Waals surface area contributed by atoms with Gasteiger partial charge in [-0.1, -0.05) is 6.07 Å². The largest absolute Gasteiger partial charge is 0.497 e. The van der Waals surface area contributed by atoms with Gasteiger partial charge in [0.2, 0.25) is 5.91 Å². The Morgan fingerprint density at radius 1 is 1.11 bits per heavy atom. The van der Waals surface area contributed by atoms with Crippen molar-refractivity contribution in [3.63, 3.8) is 0 Å². The molecule has 1 unspecified atom stereocenters. The molecule has 138 valence electrons. The van der Waals surface area contributed by atoms with Crippen molar-refractivity contribution in [3.05, 3.63) is 65.6 Å². The van der Waals surface area contributed by atoms with Gasteiger partial charge in [-0.3, -0.25) is 4.79 Å². The van der Waals surface area contributed by atoms with Crippen LogP contribution in [0.4, 0.5) is 10.2 Å². The van der Waals surface area contributed by atoms with Gasteiger partial charge >= 0.3 is 0 Å². The number of amides is 1. The standard InChI is InChI=1S/C20H18FN3O3/c1-26-14-7-8-15(18(9-14)27-2)16-10-19(25)23-20-17(16)11-22-24(20)13-5-3-12(21)4-6-13/h3-9,11,16H,10H2,1-2H3,(H,23,25). The zero-order chi connectivity index (χ0) is 19.0. The summed E-state index contributed by atoms with van der Waals surface area (Å²) < 4.78 is 25.6. The van der Waals surface area contributed by atoms with Gasteiger partial charge in [-0.2, -0.15) is 5.10 Å². The highest BCUT2D eigenvalue weighted by Crippen LogP contribution is 2.42. The van der Waals surface area contributed by atoms with Crippen LogP contribution in [0.25, 0.3) is 5.69 Å². The topological polar surface area (TPSA) is 65.4 Å². The highest BCUT2D eigenvalue weighted by atomic mass is 19.1. The summed E-state index contributed by atoms with van der Waals surface area (Å²) in [6.45, 7) is 0. The Kier molecular flexibility index (Phi) is 4.27. The molecule has 1 N–H and O–H groups in total. The summed E-state index contributed by atoms with van der Waals surface area (Å²) in [4.78, 5) is 12.4. The van der Waals surface area contributed by atoms with Crippen molar-refractivity contribution in [3.8, 4) is 17.2 Å². The Morgan fingerprint density at radius 3 is 2.59 bits per heavy atom. The average molecular weight is 367 g/mol. The molecule has 1 amide bonds. The Labute approximate surface area is 155 Å². The number of rotatable bonds is 4. The number of fused-ring (bicyclic) bond motifs is 1. The molecule has 3 aromatic rings. The number of hydrogen-bond acceptors (Lipinski definition) is 4. The van der Waals surface area contributed by atoms with E-state index in [0.717, 1.165) is 11.1 Å². The SMILES string of the molecule is COc1ccc(C2CC(=O)Nc3c2cnn3-c2ccc(F)cc2)c(OC)c1. The van der Waals surface area contributed by atoms with E-state index in [2.05, 4.69) is 10.4 Å². The van der Waals surface area contributed by atoms with Crippen LogP contribution in [0, 0.1) is 5.82 Å². The Hall–Kier alpha value is -3.35. The van der Waals surface area contributed by atoms with Gasteiger partial charge in [0.1, 0.15) is 23.1 Å². The fourth-order valence-electron chi connectivity index (χ4n) is 3.38. The molecule has 2 aromatic carbocycles. The fraction of sp³-hybridized carbons (Fsp3) is 0.200. The van der Waals surface area contributed by atoms with Crippen molar-refractivity contribution in [2.45, 2.75) is 12.3 Å².